The van der Waals surface area contributed by atoms with Crippen molar-refractivity contribution >= 4 is 16.9 Å². The number of pyridine rings is 1. The van der Waals surface area contributed by atoms with E-state index in [2.05, 4.69) is 21.7 Å². The summed E-state index contributed by atoms with van der Waals surface area (Å²) in [5.41, 5.74) is 1.96. The molecule has 0 saturated carbocycles. The molecule has 1 unspecified atom stereocenters. The number of fused-ring (bicyclic) bond motifs is 1. The average Bonchev–Trinajstić information content (AvgIpc) is 2.88. The van der Waals surface area contributed by atoms with Crippen LogP contribution < -0.4 is 4.74 Å². The number of hydrogen-bond donors (Lipinski definition) is 2. The van der Waals surface area contributed by atoms with Gasteiger partial charge < -0.3 is 14.9 Å². The Kier molecular flexibility index (Phi) is 8.52. The fourth-order valence-corrected chi connectivity index (χ4v) is 5.04. The van der Waals surface area contributed by atoms with Crippen LogP contribution in [0, 0.1) is 29.5 Å². The monoisotopic (exact) mass is 490 g/mol. The van der Waals surface area contributed by atoms with Crippen molar-refractivity contribution in [2.24, 2.45) is 11.8 Å². The molecule has 3 aromatic rings. The van der Waals surface area contributed by atoms with Gasteiger partial charge in [0, 0.05) is 24.5 Å². The van der Waals surface area contributed by atoms with Crippen molar-refractivity contribution in [3.8, 4) is 17.6 Å². The molecule has 0 aliphatic carbocycles. The van der Waals surface area contributed by atoms with E-state index >= 15 is 0 Å². The SMILES string of the molecule is COc1ccc2nccc(C(O)CC[C@@H]3CCN(CC#Cc4ccccc4F)C[C@@H]3CC(=O)O)c2c1. The van der Waals surface area contributed by atoms with Gasteiger partial charge in [0.05, 0.1) is 30.8 Å². The first-order valence-corrected chi connectivity index (χ1v) is 12.2. The standard InChI is InChI=1S/C29H31FN2O4/c1-36-23-9-10-27-25(18-23)24(12-14-31-27)28(33)11-8-20-13-16-32(19-22(20)17-29(34)35)15-4-6-21-5-2-3-7-26(21)30/h2-3,5,7,9-10,12,14,18,20,22,28,33H,8,11,13,15-17,19H2,1H3,(H,34,35)/t20-,22+,28?/m1/s1. The summed E-state index contributed by atoms with van der Waals surface area (Å²) in [7, 11) is 1.61. The zero-order chi connectivity index (χ0) is 25.5. The van der Waals surface area contributed by atoms with Crippen molar-refractivity contribution in [3.63, 3.8) is 0 Å². The lowest BCUT2D eigenvalue weighted by Gasteiger charge is -2.37. The molecule has 0 radical (unpaired) electrons. The first-order chi connectivity index (χ1) is 17.4. The van der Waals surface area contributed by atoms with Gasteiger partial charge in [0.15, 0.2) is 0 Å². The maximum absolute atomic E-state index is 13.8. The lowest BCUT2D eigenvalue weighted by atomic mass is 9.79. The first-order valence-electron chi connectivity index (χ1n) is 12.2. The Labute approximate surface area is 210 Å². The number of benzene rings is 2. The van der Waals surface area contributed by atoms with E-state index in [-0.39, 0.29) is 24.1 Å². The molecule has 0 bridgehead atoms. The number of nitrogens with zero attached hydrogens (tertiary/aromatic N) is 2. The number of carbonyl (C=O) groups is 1. The number of halogens is 1. The molecule has 1 saturated heterocycles. The molecular formula is C29H31FN2O4. The Balaban J connectivity index is 1.39. The fourth-order valence-electron chi connectivity index (χ4n) is 5.04. The van der Waals surface area contributed by atoms with Gasteiger partial charge in [-0.3, -0.25) is 14.7 Å². The normalized spacial score (nSPS) is 18.9. The van der Waals surface area contributed by atoms with Crippen LogP contribution in [0.2, 0.25) is 0 Å². The lowest BCUT2D eigenvalue weighted by Crippen LogP contribution is -2.41. The van der Waals surface area contributed by atoms with Crippen molar-refractivity contribution in [1.82, 2.24) is 9.88 Å². The number of likely N-dealkylation sites (tertiary alicyclic amines) is 1. The molecule has 6 nitrogen and oxygen atoms in total. The van der Waals surface area contributed by atoms with E-state index in [0.717, 1.165) is 35.9 Å². The van der Waals surface area contributed by atoms with Crippen molar-refractivity contribution in [2.75, 3.05) is 26.7 Å². The highest BCUT2D eigenvalue weighted by Crippen LogP contribution is 2.34. The molecule has 1 aromatic heterocycles. The lowest BCUT2D eigenvalue weighted by molar-refractivity contribution is -0.139. The second-order valence-electron chi connectivity index (χ2n) is 9.30. The summed E-state index contributed by atoms with van der Waals surface area (Å²) in [4.78, 5) is 18.1. The Morgan fingerprint density at radius 2 is 2.08 bits per heavy atom. The number of ether oxygens (including phenoxy) is 1. The fraction of sp³-hybridized carbons (Fsp3) is 0.379. The summed E-state index contributed by atoms with van der Waals surface area (Å²) in [5, 5.41) is 21.4. The van der Waals surface area contributed by atoms with E-state index in [1.165, 1.54) is 6.07 Å². The van der Waals surface area contributed by atoms with Gasteiger partial charge in [0.25, 0.3) is 0 Å². The van der Waals surface area contributed by atoms with Gasteiger partial charge in [-0.2, -0.15) is 0 Å². The Hall–Kier alpha value is -3.47. The van der Waals surface area contributed by atoms with Gasteiger partial charge in [-0.1, -0.05) is 24.0 Å². The van der Waals surface area contributed by atoms with Crippen LogP contribution in [-0.2, 0) is 4.79 Å². The van der Waals surface area contributed by atoms with Gasteiger partial charge in [-0.05, 0) is 79.6 Å². The molecule has 7 heteroatoms. The number of carboxylic acids is 1. The number of aliphatic hydroxyl groups excluding tert-OH is 1. The van der Waals surface area contributed by atoms with Gasteiger partial charge in [0.2, 0.25) is 0 Å². The van der Waals surface area contributed by atoms with Crippen LogP contribution in [0.15, 0.2) is 54.7 Å². The van der Waals surface area contributed by atoms with E-state index in [0.29, 0.717) is 30.8 Å². The van der Waals surface area contributed by atoms with Crippen molar-refractivity contribution in [3.05, 3.63) is 71.7 Å². The summed E-state index contributed by atoms with van der Waals surface area (Å²) < 4.78 is 19.1. The molecule has 4 rings (SSSR count). The van der Waals surface area contributed by atoms with E-state index in [1.54, 1.807) is 31.5 Å². The average molecular weight is 491 g/mol. The van der Waals surface area contributed by atoms with Gasteiger partial charge in [0.1, 0.15) is 11.6 Å². The zero-order valence-electron chi connectivity index (χ0n) is 20.4. The molecule has 0 spiro atoms. The highest BCUT2D eigenvalue weighted by molar-refractivity contribution is 5.83. The molecule has 2 N–H and O–H groups in total. The number of hydrogen-bond acceptors (Lipinski definition) is 5. The second kappa shape index (κ2) is 12.0. The largest absolute Gasteiger partial charge is 0.497 e. The summed E-state index contributed by atoms with van der Waals surface area (Å²) >= 11 is 0. The minimum absolute atomic E-state index is 0.0343. The number of rotatable bonds is 8. The molecule has 0 amide bonds. The second-order valence-corrected chi connectivity index (χ2v) is 9.30. The van der Waals surface area contributed by atoms with Crippen molar-refractivity contribution in [2.45, 2.75) is 31.8 Å². The molecule has 3 atom stereocenters. The smallest absolute Gasteiger partial charge is 0.303 e. The number of piperidine rings is 1. The quantitative estimate of drug-likeness (QED) is 0.447. The van der Waals surface area contributed by atoms with Crippen LogP contribution >= 0.6 is 0 Å². The molecule has 188 valence electrons. The summed E-state index contributed by atoms with van der Waals surface area (Å²) in [6, 6.07) is 13.8. The van der Waals surface area contributed by atoms with E-state index < -0.39 is 12.1 Å². The third-order valence-corrected chi connectivity index (χ3v) is 6.96. The van der Waals surface area contributed by atoms with Crippen LogP contribution in [0.25, 0.3) is 10.9 Å². The predicted octanol–water partition coefficient (Wildman–Crippen LogP) is 4.66. The minimum Gasteiger partial charge on any atom is -0.497 e. The maximum Gasteiger partial charge on any atom is 0.303 e. The van der Waals surface area contributed by atoms with Gasteiger partial charge in [-0.25, -0.2) is 4.39 Å². The highest BCUT2D eigenvalue weighted by atomic mass is 19.1. The van der Waals surface area contributed by atoms with E-state index in [4.69, 9.17) is 4.74 Å². The summed E-state index contributed by atoms with van der Waals surface area (Å²) in [5.74, 6) is 5.61. The minimum atomic E-state index is -0.822. The number of carboxylic acid groups (broad SMARTS) is 1. The van der Waals surface area contributed by atoms with Crippen LogP contribution in [0.1, 0.15) is 42.9 Å². The Morgan fingerprint density at radius 3 is 2.86 bits per heavy atom. The number of aromatic nitrogens is 1. The molecule has 36 heavy (non-hydrogen) atoms. The maximum atomic E-state index is 13.8. The van der Waals surface area contributed by atoms with E-state index in [9.17, 15) is 19.4 Å². The first kappa shape index (κ1) is 25.6. The molecule has 1 aliphatic heterocycles. The Morgan fingerprint density at radius 1 is 1.25 bits per heavy atom. The van der Waals surface area contributed by atoms with Gasteiger partial charge in [-0.15, -0.1) is 0 Å². The van der Waals surface area contributed by atoms with Crippen LogP contribution in [0.5, 0.6) is 5.75 Å². The molecule has 1 fully saturated rings. The molecule has 2 aromatic carbocycles. The van der Waals surface area contributed by atoms with E-state index in [1.807, 2.05) is 24.3 Å². The summed E-state index contributed by atoms with van der Waals surface area (Å²) in [6.07, 6.45) is 3.18. The van der Waals surface area contributed by atoms with Crippen LogP contribution in [-0.4, -0.2) is 52.8 Å². The zero-order valence-corrected chi connectivity index (χ0v) is 20.4. The number of aliphatic hydroxyl groups is 1. The van der Waals surface area contributed by atoms with Crippen LogP contribution in [0.3, 0.4) is 0 Å². The van der Waals surface area contributed by atoms with Crippen LogP contribution in [0.4, 0.5) is 4.39 Å². The third kappa shape index (κ3) is 6.39. The number of aliphatic carboxylic acids is 1. The molecular weight excluding hydrogens is 459 g/mol. The molecule has 1 aliphatic rings. The topological polar surface area (TPSA) is 82.9 Å². The molecule has 2 heterocycles. The third-order valence-electron chi connectivity index (χ3n) is 6.96. The van der Waals surface area contributed by atoms with Crippen molar-refractivity contribution in [1.29, 1.82) is 0 Å². The number of methoxy groups -OCH3 is 1. The Bertz CT molecular complexity index is 1270. The van der Waals surface area contributed by atoms with Gasteiger partial charge >= 0.3 is 5.97 Å². The van der Waals surface area contributed by atoms with Crippen molar-refractivity contribution < 1.29 is 24.1 Å². The highest BCUT2D eigenvalue weighted by Gasteiger charge is 2.31. The predicted molar refractivity (Wildman–Crippen MR) is 136 cm³/mol. The summed E-state index contributed by atoms with van der Waals surface area (Å²) in [6.45, 7) is 1.87.